The van der Waals surface area contributed by atoms with Crippen LogP contribution in [0.25, 0.3) is 22.2 Å². The zero-order valence-corrected chi connectivity index (χ0v) is 18.7. The molecule has 2 atom stereocenters. The Hall–Kier alpha value is -3.19. The van der Waals surface area contributed by atoms with Crippen molar-refractivity contribution < 1.29 is 14.7 Å². The maximum atomic E-state index is 13.2. The number of benzene rings is 2. The Kier molecular flexibility index (Phi) is 4.82. The van der Waals surface area contributed by atoms with Gasteiger partial charge < -0.3 is 19.5 Å². The number of aromatic nitrogens is 2. The fourth-order valence-electron chi connectivity index (χ4n) is 4.77. The summed E-state index contributed by atoms with van der Waals surface area (Å²) in [5.74, 6) is -0.230. The number of hydrogen-bond donors (Lipinski definition) is 1. The van der Waals surface area contributed by atoms with E-state index >= 15 is 0 Å². The van der Waals surface area contributed by atoms with Crippen molar-refractivity contribution in [3.05, 3.63) is 54.4 Å². The maximum Gasteiger partial charge on any atom is 0.255 e. The van der Waals surface area contributed by atoms with Crippen molar-refractivity contribution in [2.45, 2.75) is 44.4 Å². The molecule has 1 N–H and O–H groups in total. The second-order valence-corrected chi connectivity index (χ2v) is 9.29. The minimum absolute atomic E-state index is 0.0346. The van der Waals surface area contributed by atoms with Gasteiger partial charge in [0.25, 0.3) is 11.8 Å². The number of aryl methyl sites for hydroxylation is 1. The molecule has 0 bridgehead atoms. The lowest BCUT2D eigenvalue weighted by molar-refractivity contribution is -0.150. The molecule has 2 aliphatic rings. The van der Waals surface area contributed by atoms with Crippen molar-refractivity contribution in [2.24, 2.45) is 7.05 Å². The molecule has 7 heteroatoms. The molecule has 0 spiro atoms. The van der Waals surface area contributed by atoms with Crippen molar-refractivity contribution in [1.29, 1.82) is 0 Å². The Balaban J connectivity index is 1.31. The van der Waals surface area contributed by atoms with Crippen LogP contribution in [-0.4, -0.2) is 67.0 Å². The van der Waals surface area contributed by atoms with Gasteiger partial charge >= 0.3 is 0 Å². The van der Waals surface area contributed by atoms with E-state index in [2.05, 4.69) is 23.2 Å². The number of amides is 2. The maximum absolute atomic E-state index is 13.2. The van der Waals surface area contributed by atoms with Crippen LogP contribution in [0.4, 0.5) is 0 Å². The van der Waals surface area contributed by atoms with E-state index in [1.807, 2.05) is 54.6 Å². The highest BCUT2D eigenvalue weighted by Crippen LogP contribution is 2.38. The summed E-state index contributed by atoms with van der Waals surface area (Å²) >= 11 is 0. The molecule has 1 aliphatic heterocycles. The molecule has 3 aromatic rings. The predicted molar refractivity (Wildman–Crippen MR) is 122 cm³/mol. The summed E-state index contributed by atoms with van der Waals surface area (Å²) in [6.07, 6.45) is 2.87. The second kappa shape index (κ2) is 7.45. The summed E-state index contributed by atoms with van der Waals surface area (Å²) in [6.45, 7) is 4.80. The zero-order valence-electron chi connectivity index (χ0n) is 18.7. The van der Waals surface area contributed by atoms with Gasteiger partial charge in [0.1, 0.15) is 5.60 Å². The third kappa shape index (κ3) is 3.46. The average molecular weight is 433 g/mol. The normalized spacial score (nSPS) is 22.2. The zero-order chi connectivity index (χ0) is 22.6. The molecule has 166 valence electrons. The first-order valence-corrected chi connectivity index (χ1v) is 11.1. The molecular weight excluding hydrogens is 404 g/mol. The van der Waals surface area contributed by atoms with Gasteiger partial charge in [-0.3, -0.25) is 9.59 Å². The number of hydrogen-bond acceptors (Lipinski definition) is 4. The standard InChI is InChI=1S/C25H28N4O3/c1-16-13-28(14-17(2)29(16)24(31)25(32)10-11-25)23(30)19-6-4-18(5-7-19)20-8-9-22-21(12-20)26-15-27(22)3/h4-9,12,15-17,32H,10-11,13-14H2,1-3H3/t16-,17+. The highest BCUT2D eigenvalue weighted by Gasteiger charge is 2.52. The van der Waals surface area contributed by atoms with Crippen LogP contribution in [0.2, 0.25) is 0 Å². The molecule has 2 fully saturated rings. The summed E-state index contributed by atoms with van der Waals surface area (Å²) in [4.78, 5) is 33.8. The van der Waals surface area contributed by atoms with Crippen LogP contribution >= 0.6 is 0 Å². The molecule has 1 saturated heterocycles. The average Bonchev–Trinajstić information content (AvgIpc) is 3.44. The largest absolute Gasteiger partial charge is 0.380 e. The van der Waals surface area contributed by atoms with Crippen molar-refractivity contribution in [3.8, 4) is 11.1 Å². The van der Waals surface area contributed by atoms with E-state index in [1.165, 1.54) is 0 Å². The molecule has 2 heterocycles. The third-order valence-corrected chi connectivity index (χ3v) is 6.75. The van der Waals surface area contributed by atoms with Gasteiger partial charge in [0.05, 0.1) is 17.4 Å². The second-order valence-electron chi connectivity index (χ2n) is 9.29. The first kappa shape index (κ1) is 20.7. The molecule has 2 amide bonds. The Morgan fingerprint density at radius 2 is 1.62 bits per heavy atom. The molecule has 7 nitrogen and oxygen atoms in total. The van der Waals surface area contributed by atoms with E-state index in [0.29, 0.717) is 31.5 Å². The number of fused-ring (bicyclic) bond motifs is 1. The van der Waals surface area contributed by atoms with Gasteiger partial charge in [0.2, 0.25) is 0 Å². The van der Waals surface area contributed by atoms with Crippen molar-refractivity contribution in [3.63, 3.8) is 0 Å². The highest BCUT2D eigenvalue weighted by atomic mass is 16.3. The summed E-state index contributed by atoms with van der Waals surface area (Å²) in [5, 5.41) is 10.2. The fraction of sp³-hybridized carbons (Fsp3) is 0.400. The van der Waals surface area contributed by atoms with E-state index in [1.54, 1.807) is 11.2 Å². The fourth-order valence-corrected chi connectivity index (χ4v) is 4.77. The molecule has 1 aromatic heterocycles. The summed E-state index contributed by atoms with van der Waals surface area (Å²) in [6, 6.07) is 13.6. The number of piperazine rings is 1. The van der Waals surface area contributed by atoms with Gasteiger partial charge in [-0.05, 0) is 62.1 Å². The van der Waals surface area contributed by atoms with Gasteiger partial charge in [-0.2, -0.15) is 0 Å². The molecule has 0 radical (unpaired) electrons. The van der Waals surface area contributed by atoms with E-state index in [4.69, 9.17) is 0 Å². The van der Waals surface area contributed by atoms with Crippen LogP contribution in [0.15, 0.2) is 48.8 Å². The third-order valence-electron chi connectivity index (χ3n) is 6.75. The number of rotatable bonds is 3. The molecular formula is C25H28N4O3. The van der Waals surface area contributed by atoms with Crippen LogP contribution in [-0.2, 0) is 11.8 Å². The summed E-state index contributed by atoms with van der Waals surface area (Å²) in [7, 11) is 1.97. The lowest BCUT2D eigenvalue weighted by Gasteiger charge is -2.45. The minimum atomic E-state index is -1.18. The van der Waals surface area contributed by atoms with Gasteiger partial charge in [0.15, 0.2) is 0 Å². The summed E-state index contributed by atoms with van der Waals surface area (Å²) in [5.41, 5.74) is 3.56. The van der Waals surface area contributed by atoms with Crippen molar-refractivity contribution in [2.75, 3.05) is 13.1 Å². The molecule has 32 heavy (non-hydrogen) atoms. The Morgan fingerprint density at radius 1 is 1.00 bits per heavy atom. The van der Waals surface area contributed by atoms with Gasteiger partial charge in [-0.25, -0.2) is 4.98 Å². The van der Waals surface area contributed by atoms with Crippen LogP contribution < -0.4 is 0 Å². The number of nitrogens with zero attached hydrogens (tertiary/aromatic N) is 4. The number of carbonyl (C=O) groups is 2. The first-order valence-electron chi connectivity index (χ1n) is 11.1. The van der Waals surface area contributed by atoms with Gasteiger partial charge in [-0.15, -0.1) is 0 Å². The molecule has 2 aromatic carbocycles. The smallest absolute Gasteiger partial charge is 0.255 e. The number of carbonyl (C=O) groups excluding carboxylic acids is 2. The molecule has 0 unspecified atom stereocenters. The van der Waals surface area contributed by atoms with E-state index < -0.39 is 5.60 Å². The highest BCUT2D eigenvalue weighted by molar-refractivity contribution is 5.95. The van der Waals surface area contributed by atoms with Crippen molar-refractivity contribution in [1.82, 2.24) is 19.4 Å². The Bertz CT molecular complexity index is 1180. The van der Waals surface area contributed by atoms with E-state index in [9.17, 15) is 14.7 Å². The van der Waals surface area contributed by atoms with E-state index in [-0.39, 0.29) is 23.9 Å². The lowest BCUT2D eigenvalue weighted by atomic mass is 10.0. The predicted octanol–water partition coefficient (Wildman–Crippen LogP) is 2.83. The molecule has 5 rings (SSSR count). The van der Waals surface area contributed by atoms with Crippen LogP contribution in [0.5, 0.6) is 0 Å². The van der Waals surface area contributed by atoms with Crippen LogP contribution in [0, 0.1) is 0 Å². The van der Waals surface area contributed by atoms with Crippen molar-refractivity contribution >= 4 is 22.8 Å². The number of imidazole rings is 1. The van der Waals surface area contributed by atoms with Gasteiger partial charge in [0, 0.05) is 37.8 Å². The first-order chi connectivity index (χ1) is 15.3. The SMILES string of the molecule is C[C@@H]1CN(C(=O)c2ccc(-c3ccc4c(c3)ncn4C)cc2)C[C@H](C)N1C(=O)C1(O)CC1. The lowest BCUT2D eigenvalue weighted by Crippen LogP contribution is -2.62. The minimum Gasteiger partial charge on any atom is -0.380 e. The topological polar surface area (TPSA) is 78.7 Å². The quantitative estimate of drug-likeness (QED) is 0.690. The number of aliphatic hydroxyl groups is 1. The van der Waals surface area contributed by atoms with Crippen LogP contribution in [0.3, 0.4) is 0 Å². The Morgan fingerprint density at radius 3 is 2.25 bits per heavy atom. The monoisotopic (exact) mass is 432 g/mol. The van der Waals surface area contributed by atoms with Gasteiger partial charge in [-0.1, -0.05) is 18.2 Å². The molecule has 1 aliphatic carbocycles. The Labute approximate surface area is 187 Å². The molecule has 1 saturated carbocycles. The van der Waals surface area contributed by atoms with Crippen LogP contribution in [0.1, 0.15) is 37.0 Å². The summed E-state index contributed by atoms with van der Waals surface area (Å²) < 4.78 is 1.99. The van der Waals surface area contributed by atoms with E-state index in [0.717, 1.165) is 22.2 Å².